The Bertz CT molecular complexity index is 320. The molecule has 0 saturated heterocycles. The Morgan fingerprint density at radius 2 is 2.36 bits per heavy atom. The summed E-state index contributed by atoms with van der Waals surface area (Å²) < 4.78 is 1.72. The molecule has 0 radical (unpaired) electrons. The molecule has 1 atom stereocenters. The number of carboxylic acid groups (broad SMARTS) is 1. The van der Waals surface area contributed by atoms with Crippen LogP contribution in [0.3, 0.4) is 0 Å². The highest BCUT2D eigenvalue weighted by Crippen LogP contribution is 2.17. The SMILES string of the molecule is CCn1cc(C(C(=O)O)N(C)C)cn1. The molecule has 0 saturated carbocycles. The highest BCUT2D eigenvalue weighted by Gasteiger charge is 2.23. The number of aromatic nitrogens is 2. The van der Waals surface area contributed by atoms with Crippen molar-refractivity contribution in [1.82, 2.24) is 14.7 Å². The van der Waals surface area contributed by atoms with Crippen molar-refractivity contribution in [3.63, 3.8) is 0 Å². The van der Waals surface area contributed by atoms with Crippen molar-refractivity contribution in [2.75, 3.05) is 14.1 Å². The Balaban J connectivity index is 2.93. The summed E-state index contributed by atoms with van der Waals surface area (Å²) in [6, 6.07) is -0.615. The maximum absolute atomic E-state index is 11.0. The molecule has 5 heteroatoms. The van der Waals surface area contributed by atoms with Crippen molar-refractivity contribution in [3.8, 4) is 0 Å². The lowest BCUT2D eigenvalue weighted by Crippen LogP contribution is -2.27. The van der Waals surface area contributed by atoms with E-state index < -0.39 is 12.0 Å². The summed E-state index contributed by atoms with van der Waals surface area (Å²) in [5.41, 5.74) is 0.712. The summed E-state index contributed by atoms with van der Waals surface area (Å²) in [6.07, 6.45) is 3.36. The van der Waals surface area contributed by atoms with Gasteiger partial charge in [-0.15, -0.1) is 0 Å². The van der Waals surface area contributed by atoms with Crippen LogP contribution in [0.2, 0.25) is 0 Å². The largest absolute Gasteiger partial charge is 0.480 e. The lowest BCUT2D eigenvalue weighted by Gasteiger charge is -2.18. The minimum atomic E-state index is -0.856. The van der Waals surface area contributed by atoms with Crippen LogP contribution in [0.1, 0.15) is 18.5 Å². The molecule has 0 amide bonds. The molecule has 14 heavy (non-hydrogen) atoms. The molecule has 0 spiro atoms. The molecule has 1 N–H and O–H groups in total. The van der Waals surface area contributed by atoms with Gasteiger partial charge in [0.2, 0.25) is 0 Å². The zero-order chi connectivity index (χ0) is 10.7. The number of rotatable bonds is 4. The molecular weight excluding hydrogens is 182 g/mol. The highest BCUT2D eigenvalue weighted by molar-refractivity contribution is 5.75. The van der Waals surface area contributed by atoms with E-state index >= 15 is 0 Å². The maximum Gasteiger partial charge on any atom is 0.325 e. The summed E-state index contributed by atoms with van der Waals surface area (Å²) in [4.78, 5) is 12.6. The number of hydrogen-bond donors (Lipinski definition) is 1. The molecule has 0 aromatic carbocycles. The van der Waals surface area contributed by atoms with E-state index in [-0.39, 0.29) is 0 Å². The van der Waals surface area contributed by atoms with Gasteiger partial charge in [-0.2, -0.15) is 5.10 Å². The molecule has 1 unspecified atom stereocenters. The molecule has 0 aliphatic rings. The van der Waals surface area contributed by atoms with Crippen LogP contribution in [0.4, 0.5) is 0 Å². The van der Waals surface area contributed by atoms with Crippen LogP contribution >= 0.6 is 0 Å². The van der Waals surface area contributed by atoms with E-state index in [0.29, 0.717) is 5.56 Å². The van der Waals surface area contributed by atoms with Crippen LogP contribution in [-0.4, -0.2) is 39.9 Å². The van der Waals surface area contributed by atoms with Crippen molar-refractivity contribution in [1.29, 1.82) is 0 Å². The van der Waals surface area contributed by atoms with Gasteiger partial charge in [0.15, 0.2) is 0 Å². The van der Waals surface area contributed by atoms with Crippen LogP contribution in [0.5, 0.6) is 0 Å². The number of aryl methyl sites for hydroxylation is 1. The minimum absolute atomic E-state index is 0.615. The monoisotopic (exact) mass is 197 g/mol. The Morgan fingerprint density at radius 1 is 1.71 bits per heavy atom. The molecule has 78 valence electrons. The van der Waals surface area contributed by atoms with E-state index in [2.05, 4.69) is 5.10 Å². The fourth-order valence-electron chi connectivity index (χ4n) is 1.36. The summed E-state index contributed by atoms with van der Waals surface area (Å²) >= 11 is 0. The third kappa shape index (κ3) is 2.11. The van der Waals surface area contributed by atoms with Crippen LogP contribution in [-0.2, 0) is 11.3 Å². The fourth-order valence-corrected chi connectivity index (χ4v) is 1.36. The number of nitrogens with zero attached hydrogens (tertiary/aromatic N) is 3. The first-order valence-electron chi connectivity index (χ1n) is 4.47. The van der Waals surface area contributed by atoms with Gasteiger partial charge in [-0.25, -0.2) is 0 Å². The second-order valence-electron chi connectivity index (χ2n) is 3.33. The van der Waals surface area contributed by atoms with Crippen LogP contribution in [0.15, 0.2) is 12.4 Å². The Labute approximate surface area is 82.9 Å². The Morgan fingerprint density at radius 3 is 2.71 bits per heavy atom. The summed E-state index contributed by atoms with van der Waals surface area (Å²) in [5.74, 6) is -0.856. The maximum atomic E-state index is 11.0. The molecule has 0 bridgehead atoms. The predicted octanol–water partition coefficient (Wildman–Crippen LogP) is 0.590. The van der Waals surface area contributed by atoms with Gasteiger partial charge in [-0.05, 0) is 21.0 Å². The van der Waals surface area contributed by atoms with E-state index in [1.807, 2.05) is 6.92 Å². The first kappa shape index (κ1) is 10.7. The molecular formula is C9H15N3O2. The Hall–Kier alpha value is -1.36. The summed E-state index contributed by atoms with van der Waals surface area (Å²) in [7, 11) is 3.48. The van der Waals surface area contributed by atoms with Gasteiger partial charge in [0.25, 0.3) is 0 Å². The number of carboxylic acids is 1. The first-order chi connectivity index (χ1) is 6.56. The molecule has 5 nitrogen and oxygen atoms in total. The lowest BCUT2D eigenvalue weighted by molar-refractivity contribution is -0.142. The number of hydrogen-bond acceptors (Lipinski definition) is 3. The van der Waals surface area contributed by atoms with E-state index in [1.54, 1.807) is 36.1 Å². The van der Waals surface area contributed by atoms with Crippen molar-refractivity contribution in [2.24, 2.45) is 0 Å². The van der Waals surface area contributed by atoms with Gasteiger partial charge < -0.3 is 5.11 Å². The minimum Gasteiger partial charge on any atom is -0.480 e. The summed E-state index contributed by atoms with van der Waals surface area (Å²) in [5, 5.41) is 13.0. The quantitative estimate of drug-likeness (QED) is 0.767. The molecule has 0 fully saturated rings. The second kappa shape index (κ2) is 4.23. The number of carbonyl (C=O) groups is 1. The normalized spacial score (nSPS) is 13.1. The zero-order valence-corrected chi connectivity index (χ0v) is 8.64. The smallest absolute Gasteiger partial charge is 0.325 e. The van der Waals surface area contributed by atoms with Crippen LogP contribution < -0.4 is 0 Å². The topological polar surface area (TPSA) is 58.4 Å². The second-order valence-corrected chi connectivity index (χ2v) is 3.33. The van der Waals surface area contributed by atoms with E-state index in [0.717, 1.165) is 6.54 Å². The van der Waals surface area contributed by atoms with Crippen LogP contribution in [0, 0.1) is 0 Å². The van der Waals surface area contributed by atoms with E-state index in [4.69, 9.17) is 5.11 Å². The third-order valence-electron chi connectivity index (χ3n) is 2.04. The molecule has 0 aliphatic heterocycles. The third-order valence-corrected chi connectivity index (χ3v) is 2.04. The molecule has 1 aromatic rings. The Kier molecular flexibility index (Phi) is 3.24. The van der Waals surface area contributed by atoms with E-state index in [1.165, 1.54) is 0 Å². The van der Waals surface area contributed by atoms with Gasteiger partial charge in [0.05, 0.1) is 6.20 Å². The van der Waals surface area contributed by atoms with E-state index in [9.17, 15) is 4.79 Å². The molecule has 1 heterocycles. The standard InChI is InChI=1S/C9H15N3O2/c1-4-12-6-7(5-10-12)8(9(13)14)11(2)3/h5-6,8H,4H2,1-3H3,(H,13,14). The predicted molar refractivity (Wildman–Crippen MR) is 52.0 cm³/mol. The molecule has 1 rings (SSSR count). The number of aliphatic carboxylic acids is 1. The average Bonchev–Trinajstić information content (AvgIpc) is 2.51. The average molecular weight is 197 g/mol. The van der Waals surface area contributed by atoms with Crippen molar-refractivity contribution in [2.45, 2.75) is 19.5 Å². The van der Waals surface area contributed by atoms with Crippen molar-refractivity contribution >= 4 is 5.97 Å². The van der Waals surface area contributed by atoms with Gasteiger partial charge in [-0.1, -0.05) is 0 Å². The lowest BCUT2D eigenvalue weighted by atomic mass is 10.1. The zero-order valence-electron chi connectivity index (χ0n) is 8.64. The summed E-state index contributed by atoms with van der Waals surface area (Å²) in [6.45, 7) is 2.71. The molecule has 1 aromatic heterocycles. The van der Waals surface area contributed by atoms with Crippen molar-refractivity contribution < 1.29 is 9.90 Å². The first-order valence-corrected chi connectivity index (χ1v) is 4.47. The van der Waals surface area contributed by atoms with Gasteiger partial charge >= 0.3 is 5.97 Å². The van der Waals surface area contributed by atoms with Gasteiger partial charge in [-0.3, -0.25) is 14.4 Å². The fraction of sp³-hybridized carbons (Fsp3) is 0.556. The van der Waals surface area contributed by atoms with Crippen LogP contribution in [0.25, 0.3) is 0 Å². The van der Waals surface area contributed by atoms with Crippen molar-refractivity contribution in [3.05, 3.63) is 18.0 Å². The van der Waals surface area contributed by atoms with Gasteiger partial charge in [0.1, 0.15) is 6.04 Å². The van der Waals surface area contributed by atoms with Gasteiger partial charge in [0, 0.05) is 18.3 Å². The number of likely N-dealkylation sites (N-methyl/N-ethyl adjacent to an activating group) is 1. The highest BCUT2D eigenvalue weighted by atomic mass is 16.4. The molecule has 0 aliphatic carbocycles.